The van der Waals surface area contributed by atoms with Gasteiger partial charge in [-0.1, -0.05) is 24.6 Å². The quantitative estimate of drug-likeness (QED) is 0.223. The summed E-state index contributed by atoms with van der Waals surface area (Å²) in [5.74, 6) is 1.13. The summed E-state index contributed by atoms with van der Waals surface area (Å²) in [7, 11) is 0. The van der Waals surface area contributed by atoms with Crippen LogP contribution in [0.2, 0.25) is 0 Å². The third kappa shape index (κ3) is 9.86. The molecule has 1 aromatic carbocycles. The number of fused-ring (bicyclic) bond motifs is 3. The molecule has 0 fully saturated rings. The molecular weight excluding hydrogens is 524 g/mol. The summed E-state index contributed by atoms with van der Waals surface area (Å²) in [5, 5.41) is 6.63. The molecule has 2 aromatic heterocycles. The first kappa shape index (κ1) is 32.1. The fraction of sp³-hybridized carbons (Fsp3) is 0.600. The lowest BCUT2D eigenvalue weighted by atomic mass is 10.1. The Balaban J connectivity index is 1.48. The lowest BCUT2D eigenvalue weighted by Crippen LogP contribution is -2.35. The lowest BCUT2D eigenvalue weighted by molar-refractivity contribution is -0.121. The predicted molar refractivity (Wildman–Crippen MR) is 161 cm³/mol. The highest BCUT2D eigenvalue weighted by atomic mass is 16.6. The fourth-order valence-corrected chi connectivity index (χ4v) is 4.50. The standard InChI is InChI=1S/C30H46N6O5/c1-7-39-19-23-35-25-26(21-13-10-11-14-22(21)34-27(25)31)36(23)20-30(5,6)40-18-17-32-24(37)15-9-8-12-16-33-28(38)41-29(2,3)4/h10-11,13-14H,7-9,12,15-20H2,1-6H3,(H2,31,34)(H,32,37)(H,33,38). The van der Waals surface area contributed by atoms with E-state index in [1.165, 1.54) is 0 Å². The SMILES string of the molecule is CCOCc1nc2c(N)nc3ccccc3c2n1CC(C)(C)OCCNC(=O)CCCCCNC(=O)OC(C)(C)C. The van der Waals surface area contributed by atoms with Gasteiger partial charge in [0.05, 0.1) is 29.8 Å². The van der Waals surface area contributed by atoms with Crippen molar-refractivity contribution in [1.29, 1.82) is 0 Å². The number of nitrogen functional groups attached to an aromatic ring is 1. The van der Waals surface area contributed by atoms with Crippen LogP contribution in [0.5, 0.6) is 0 Å². The molecule has 2 amide bonds. The van der Waals surface area contributed by atoms with Crippen LogP contribution in [0, 0.1) is 0 Å². The number of anilines is 1. The van der Waals surface area contributed by atoms with Crippen LogP contribution in [0.3, 0.4) is 0 Å². The summed E-state index contributed by atoms with van der Waals surface area (Å²) >= 11 is 0. The van der Waals surface area contributed by atoms with Gasteiger partial charge in [-0.25, -0.2) is 14.8 Å². The second kappa shape index (κ2) is 14.5. The molecule has 0 aliphatic carbocycles. The van der Waals surface area contributed by atoms with Crippen molar-refractivity contribution in [3.05, 3.63) is 30.1 Å². The van der Waals surface area contributed by atoms with Crippen LogP contribution in [0.25, 0.3) is 21.9 Å². The second-order valence-corrected chi connectivity index (χ2v) is 11.7. The summed E-state index contributed by atoms with van der Waals surface area (Å²) in [6, 6.07) is 7.88. The Kier molecular flexibility index (Phi) is 11.3. The highest BCUT2D eigenvalue weighted by Crippen LogP contribution is 2.30. The van der Waals surface area contributed by atoms with E-state index < -0.39 is 17.3 Å². The van der Waals surface area contributed by atoms with Gasteiger partial charge in [0.1, 0.15) is 23.5 Å². The van der Waals surface area contributed by atoms with Gasteiger partial charge in [0.25, 0.3) is 0 Å². The highest BCUT2D eigenvalue weighted by molar-refractivity contribution is 6.06. The Labute approximate surface area is 242 Å². The van der Waals surface area contributed by atoms with Crippen molar-refractivity contribution in [2.75, 3.05) is 32.0 Å². The topological polar surface area (TPSA) is 143 Å². The maximum Gasteiger partial charge on any atom is 0.407 e. The zero-order chi connectivity index (χ0) is 30.0. The number of carbonyl (C=O) groups excluding carboxylic acids is 2. The summed E-state index contributed by atoms with van der Waals surface area (Å²) in [5.41, 5.74) is 7.60. The number of nitrogens with two attached hydrogens (primary N) is 1. The molecule has 11 heteroatoms. The van der Waals surface area contributed by atoms with Gasteiger partial charge >= 0.3 is 6.09 Å². The number of benzene rings is 1. The first-order valence-corrected chi connectivity index (χ1v) is 14.4. The number of amides is 2. The predicted octanol–water partition coefficient (Wildman–Crippen LogP) is 4.70. The van der Waals surface area contributed by atoms with E-state index >= 15 is 0 Å². The van der Waals surface area contributed by atoms with Crippen LogP contribution < -0.4 is 16.4 Å². The number of imidazole rings is 1. The van der Waals surface area contributed by atoms with Crippen LogP contribution in [0.1, 0.15) is 73.1 Å². The number of hydrogen-bond acceptors (Lipinski definition) is 8. The van der Waals surface area contributed by atoms with Crippen molar-refractivity contribution < 1.29 is 23.8 Å². The van der Waals surface area contributed by atoms with Gasteiger partial charge in [-0.3, -0.25) is 4.79 Å². The van der Waals surface area contributed by atoms with E-state index in [-0.39, 0.29) is 5.91 Å². The Hall–Kier alpha value is -3.44. The molecule has 0 atom stereocenters. The van der Waals surface area contributed by atoms with Crippen molar-refractivity contribution in [3.8, 4) is 0 Å². The number of ether oxygens (including phenoxy) is 3. The number of carbonyl (C=O) groups is 2. The minimum atomic E-state index is -0.556. The number of para-hydroxylation sites is 1. The van der Waals surface area contributed by atoms with Crippen molar-refractivity contribution in [3.63, 3.8) is 0 Å². The number of rotatable bonds is 15. The second-order valence-electron chi connectivity index (χ2n) is 11.7. The molecule has 0 aliphatic rings. The van der Waals surface area contributed by atoms with Crippen molar-refractivity contribution >= 4 is 39.8 Å². The Morgan fingerprint density at radius 3 is 2.49 bits per heavy atom. The molecule has 11 nitrogen and oxygen atoms in total. The third-order valence-electron chi connectivity index (χ3n) is 6.33. The Bertz CT molecular complexity index is 1310. The molecule has 3 aromatic rings. The largest absolute Gasteiger partial charge is 0.444 e. The molecule has 4 N–H and O–H groups in total. The monoisotopic (exact) mass is 570 g/mol. The molecule has 3 rings (SSSR count). The van der Waals surface area contributed by atoms with Gasteiger partial charge in [-0.05, 0) is 60.5 Å². The molecule has 0 aliphatic heterocycles. The molecule has 2 heterocycles. The molecule has 0 spiro atoms. The number of unbranched alkanes of at least 4 members (excludes halogenated alkanes) is 2. The van der Waals surface area contributed by atoms with Crippen molar-refractivity contribution in [2.24, 2.45) is 0 Å². The normalized spacial score (nSPS) is 12.1. The summed E-state index contributed by atoms with van der Waals surface area (Å²) < 4.78 is 19.2. The molecular formula is C30H46N6O5. The fourth-order valence-electron chi connectivity index (χ4n) is 4.50. The Morgan fingerprint density at radius 2 is 1.76 bits per heavy atom. The molecule has 0 bridgehead atoms. The number of pyridine rings is 1. The molecule has 0 radical (unpaired) electrons. The number of nitrogens with zero attached hydrogens (tertiary/aromatic N) is 3. The van der Waals surface area contributed by atoms with E-state index in [4.69, 9.17) is 24.9 Å². The van der Waals surface area contributed by atoms with E-state index in [2.05, 4.69) is 20.2 Å². The molecule has 226 valence electrons. The van der Waals surface area contributed by atoms with Gasteiger partial charge in [-0.2, -0.15) is 0 Å². The first-order valence-electron chi connectivity index (χ1n) is 14.4. The zero-order valence-electron chi connectivity index (χ0n) is 25.3. The highest BCUT2D eigenvalue weighted by Gasteiger charge is 2.25. The maximum atomic E-state index is 12.3. The number of aromatic nitrogens is 3. The van der Waals surface area contributed by atoms with Gasteiger partial charge in [0, 0.05) is 31.5 Å². The number of hydrogen-bond donors (Lipinski definition) is 3. The Morgan fingerprint density at radius 1 is 1.00 bits per heavy atom. The van der Waals surface area contributed by atoms with Crippen LogP contribution in [-0.4, -0.2) is 64.0 Å². The average molecular weight is 571 g/mol. The molecule has 0 saturated heterocycles. The number of nitrogens with one attached hydrogen (secondary N) is 2. The van der Waals surface area contributed by atoms with E-state index in [1.54, 1.807) is 0 Å². The van der Waals surface area contributed by atoms with E-state index in [1.807, 2.05) is 65.8 Å². The lowest BCUT2D eigenvalue weighted by Gasteiger charge is -2.27. The van der Waals surface area contributed by atoms with Crippen LogP contribution in [0.4, 0.5) is 10.6 Å². The maximum absolute atomic E-state index is 12.3. The average Bonchev–Trinajstić information content (AvgIpc) is 3.24. The van der Waals surface area contributed by atoms with Crippen LogP contribution in [0.15, 0.2) is 24.3 Å². The summed E-state index contributed by atoms with van der Waals surface area (Å²) in [6.07, 6.45) is 2.38. The van der Waals surface area contributed by atoms with E-state index in [0.29, 0.717) is 57.2 Å². The van der Waals surface area contributed by atoms with Crippen molar-refractivity contribution in [2.45, 2.75) is 91.6 Å². The van der Waals surface area contributed by atoms with Gasteiger partial charge in [0.2, 0.25) is 5.91 Å². The van der Waals surface area contributed by atoms with Gasteiger partial charge in [0.15, 0.2) is 5.82 Å². The van der Waals surface area contributed by atoms with Gasteiger partial charge in [-0.15, -0.1) is 0 Å². The minimum Gasteiger partial charge on any atom is -0.444 e. The smallest absolute Gasteiger partial charge is 0.407 e. The van der Waals surface area contributed by atoms with Gasteiger partial charge < -0.3 is 35.1 Å². The molecule has 0 unspecified atom stereocenters. The zero-order valence-corrected chi connectivity index (χ0v) is 25.3. The van der Waals surface area contributed by atoms with E-state index in [0.717, 1.165) is 41.5 Å². The molecule has 41 heavy (non-hydrogen) atoms. The third-order valence-corrected chi connectivity index (χ3v) is 6.33. The molecule has 0 saturated carbocycles. The summed E-state index contributed by atoms with van der Waals surface area (Å²) in [4.78, 5) is 33.2. The number of alkyl carbamates (subject to hydrolysis) is 1. The minimum absolute atomic E-state index is 0.0134. The van der Waals surface area contributed by atoms with E-state index in [9.17, 15) is 9.59 Å². The van der Waals surface area contributed by atoms with Crippen LogP contribution in [-0.2, 0) is 32.2 Å². The first-order chi connectivity index (χ1) is 19.4. The van der Waals surface area contributed by atoms with Crippen LogP contribution >= 0.6 is 0 Å². The van der Waals surface area contributed by atoms with Crippen molar-refractivity contribution in [1.82, 2.24) is 25.2 Å². The summed E-state index contributed by atoms with van der Waals surface area (Å²) in [6.45, 7) is 14.2.